The van der Waals surface area contributed by atoms with Gasteiger partial charge in [0.2, 0.25) is 0 Å². The second-order valence-corrected chi connectivity index (χ2v) is 4.88. The molecule has 0 bridgehead atoms. The first-order chi connectivity index (χ1) is 7.11. The molecule has 0 aliphatic carbocycles. The maximum Gasteiger partial charge on any atom is 0.127 e. The molecule has 0 aromatic carbocycles. The average Bonchev–Trinajstić information content (AvgIpc) is 2.30. The number of carbonyl (C=O) groups excluding carboxylic acids is 1. The molecule has 1 aliphatic rings. The number of hydrogen-bond donors (Lipinski definition) is 0. The maximum absolute atomic E-state index is 11.0. The quantitative estimate of drug-likeness (QED) is 0.651. The van der Waals surface area contributed by atoms with E-state index in [0.29, 0.717) is 6.04 Å². The molecular weight excluding hydrogens is 190 g/mol. The van der Waals surface area contributed by atoms with E-state index in [1.54, 1.807) is 0 Å². The maximum atomic E-state index is 11.0. The highest BCUT2D eigenvalue weighted by Crippen LogP contribution is 2.22. The minimum absolute atomic E-state index is 0.187. The zero-order valence-electron chi connectivity index (χ0n) is 10.2. The van der Waals surface area contributed by atoms with Crippen molar-refractivity contribution in [3.05, 3.63) is 0 Å². The number of ether oxygens (including phenoxy) is 1. The van der Waals surface area contributed by atoms with Gasteiger partial charge in [0, 0.05) is 31.2 Å². The Morgan fingerprint density at radius 1 is 1.47 bits per heavy atom. The van der Waals surface area contributed by atoms with Crippen LogP contribution in [0, 0.1) is 5.41 Å². The van der Waals surface area contributed by atoms with E-state index in [1.807, 2.05) is 6.92 Å². The van der Waals surface area contributed by atoms with Crippen molar-refractivity contribution in [3.63, 3.8) is 0 Å². The fraction of sp³-hybridized carbons (Fsp3) is 0.917. The van der Waals surface area contributed by atoms with Crippen LogP contribution in [-0.4, -0.2) is 44.0 Å². The van der Waals surface area contributed by atoms with Gasteiger partial charge in [0.1, 0.15) is 6.29 Å². The largest absolute Gasteiger partial charge is 0.381 e. The highest BCUT2D eigenvalue weighted by atomic mass is 16.5. The molecule has 1 unspecified atom stereocenters. The Morgan fingerprint density at radius 3 is 2.53 bits per heavy atom. The van der Waals surface area contributed by atoms with E-state index in [2.05, 4.69) is 18.9 Å². The molecule has 0 saturated carbocycles. The van der Waals surface area contributed by atoms with Crippen LogP contribution in [0.3, 0.4) is 0 Å². The first kappa shape index (κ1) is 12.7. The first-order valence-corrected chi connectivity index (χ1v) is 5.85. The summed E-state index contributed by atoms with van der Waals surface area (Å²) in [6, 6.07) is 0.588. The van der Waals surface area contributed by atoms with Gasteiger partial charge >= 0.3 is 0 Å². The summed E-state index contributed by atoms with van der Waals surface area (Å²) in [5.74, 6) is 0. The van der Waals surface area contributed by atoms with Gasteiger partial charge in [0.05, 0.1) is 0 Å². The Morgan fingerprint density at radius 2 is 2.07 bits per heavy atom. The van der Waals surface area contributed by atoms with Crippen molar-refractivity contribution in [1.29, 1.82) is 0 Å². The summed E-state index contributed by atoms with van der Waals surface area (Å²) in [7, 11) is 2.12. The number of aldehydes is 1. The highest BCUT2D eigenvalue weighted by Gasteiger charge is 2.27. The molecule has 1 aliphatic heterocycles. The van der Waals surface area contributed by atoms with E-state index >= 15 is 0 Å². The molecule has 0 spiro atoms. The zero-order valence-corrected chi connectivity index (χ0v) is 10.2. The second-order valence-electron chi connectivity index (χ2n) is 4.88. The van der Waals surface area contributed by atoms with Crippen LogP contribution in [0.5, 0.6) is 0 Å². The molecule has 1 atom stereocenters. The Labute approximate surface area is 92.8 Å². The third-order valence-corrected chi connectivity index (χ3v) is 3.52. The van der Waals surface area contributed by atoms with Gasteiger partial charge in [-0.2, -0.15) is 0 Å². The number of carbonyl (C=O) groups is 1. The molecule has 1 rings (SSSR count). The molecular formula is C12H23NO2. The summed E-state index contributed by atoms with van der Waals surface area (Å²) in [4.78, 5) is 13.3. The summed E-state index contributed by atoms with van der Waals surface area (Å²) < 4.78 is 5.34. The topological polar surface area (TPSA) is 29.5 Å². The third kappa shape index (κ3) is 3.58. The van der Waals surface area contributed by atoms with Crippen molar-refractivity contribution in [2.24, 2.45) is 5.41 Å². The summed E-state index contributed by atoms with van der Waals surface area (Å²) in [5.41, 5.74) is -0.187. The molecule has 0 aromatic rings. The van der Waals surface area contributed by atoms with Crippen LogP contribution < -0.4 is 0 Å². The molecule has 0 aromatic heterocycles. The van der Waals surface area contributed by atoms with Gasteiger partial charge in [0.15, 0.2) is 0 Å². The molecule has 1 saturated heterocycles. The minimum Gasteiger partial charge on any atom is -0.381 e. The second kappa shape index (κ2) is 5.61. The first-order valence-electron chi connectivity index (χ1n) is 5.85. The zero-order chi connectivity index (χ0) is 11.3. The predicted octanol–water partition coefficient (Wildman–Crippen LogP) is 1.71. The molecule has 0 N–H and O–H groups in total. The lowest BCUT2D eigenvalue weighted by Gasteiger charge is -2.35. The molecule has 1 fully saturated rings. The van der Waals surface area contributed by atoms with Crippen molar-refractivity contribution in [1.82, 2.24) is 4.90 Å². The van der Waals surface area contributed by atoms with Crippen LogP contribution in [0.25, 0.3) is 0 Å². The SMILES string of the molecule is CCC(C)(C=O)CN(C)C1CCOCC1. The summed E-state index contributed by atoms with van der Waals surface area (Å²) in [5, 5.41) is 0. The number of hydrogen-bond acceptors (Lipinski definition) is 3. The summed E-state index contributed by atoms with van der Waals surface area (Å²) >= 11 is 0. The van der Waals surface area contributed by atoms with E-state index in [0.717, 1.165) is 45.3 Å². The van der Waals surface area contributed by atoms with Gasteiger partial charge < -0.3 is 14.4 Å². The van der Waals surface area contributed by atoms with Gasteiger partial charge in [-0.05, 0) is 26.3 Å². The van der Waals surface area contributed by atoms with Crippen LogP contribution in [0.1, 0.15) is 33.1 Å². The van der Waals surface area contributed by atoms with E-state index in [1.165, 1.54) is 0 Å². The molecule has 1 heterocycles. The normalized spacial score (nSPS) is 22.7. The van der Waals surface area contributed by atoms with E-state index in [4.69, 9.17) is 4.74 Å². The van der Waals surface area contributed by atoms with E-state index in [9.17, 15) is 4.79 Å². The lowest BCUT2D eigenvalue weighted by molar-refractivity contribution is -0.117. The molecule has 15 heavy (non-hydrogen) atoms. The van der Waals surface area contributed by atoms with E-state index in [-0.39, 0.29) is 5.41 Å². The van der Waals surface area contributed by atoms with Crippen LogP contribution in [0.4, 0.5) is 0 Å². The monoisotopic (exact) mass is 213 g/mol. The van der Waals surface area contributed by atoms with Crippen molar-refractivity contribution in [2.45, 2.75) is 39.2 Å². The van der Waals surface area contributed by atoms with Crippen molar-refractivity contribution in [3.8, 4) is 0 Å². The van der Waals surface area contributed by atoms with Crippen molar-refractivity contribution < 1.29 is 9.53 Å². The molecule has 0 amide bonds. The Bertz CT molecular complexity index is 202. The molecule has 3 heteroatoms. The van der Waals surface area contributed by atoms with Gasteiger partial charge in [0.25, 0.3) is 0 Å². The van der Waals surface area contributed by atoms with Crippen LogP contribution >= 0.6 is 0 Å². The van der Waals surface area contributed by atoms with Gasteiger partial charge in [-0.1, -0.05) is 13.8 Å². The fourth-order valence-electron chi connectivity index (χ4n) is 2.06. The Kier molecular flexibility index (Phi) is 4.74. The minimum atomic E-state index is -0.187. The van der Waals surface area contributed by atoms with Crippen LogP contribution in [-0.2, 0) is 9.53 Å². The highest BCUT2D eigenvalue weighted by molar-refractivity contribution is 5.58. The van der Waals surface area contributed by atoms with Gasteiger partial charge in [-0.3, -0.25) is 0 Å². The lowest BCUT2D eigenvalue weighted by Crippen LogP contribution is -2.43. The van der Waals surface area contributed by atoms with E-state index < -0.39 is 0 Å². The van der Waals surface area contributed by atoms with Crippen molar-refractivity contribution in [2.75, 3.05) is 26.8 Å². The van der Waals surface area contributed by atoms with Gasteiger partial charge in [-0.15, -0.1) is 0 Å². The fourth-order valence-corrected chi connectivity index (χ4v) is 2.06. The summed E-state index contributed by atoms with van der Waals surface area (Å²) in [6.07, 6.45) is 4.19. The predicted molar refractivity (Wildman–Crippen MR) is 60.9 cm³/mol. The average molecular weight is 213 g/mol. The van der Waals surface area contributed by atoms with Crippen LogP contribution in [0.15, 0.2) is 0 Å². The van der Waals surface area contributed by atoms with Crippen LogP contribution in [0.2, 0.25) is 0 Å². The standard InChI is InChI=1S/C12H23NO2/c1-4-12(2,10-14)9-13(3)11-5-7-15-8-6-11/h10-11H,4-9H2,1-3H3. The lowest BCUT2D eigenvalue weighted by atomic mass is 9.88. The molecule has 0 radical (unpaired) electrons. The smallest absolute Gasteiger partial charge is 0.127 e. The van der Waals surface area contributed by atoms with Crippen molar-refractivity contribution >= 4 is 6.29 Å². The molecule has 88 valence electrons. The number of rotatable bonds is 5. The Balaban J connectivity index is 2.45. The Hall–Kier alpha value is -0.410. The third-order valence-electron chi connectivity index (χ3n) is 3.52. The number of nitrogens with zero attached hydrogens (tertiary/aromatic N) is 1. The molecule has 3 nitrogen and oxygen atoms in total. The van der Waals surface area contributed by atoms with Gasteiger partial charge in [-0.25, -0.2) is 0 Å². The summed E-state index contributed by atoms with van der Waals surface area (Å²) in [6.45, 7) is 6.69.